The van der Waals surface area contributed by atoms with Crippen molar-refractivity contribution in [2.45, 2.75) is 75.3 Å². The molecule has 0 saturated heterocycles. The van der Waals surface area contributed by atoms with Crippen molar-refractivity contribution in [2.24, 2.45) is 0 Å². The van der Waals surface area contributed by atoms with Gasteiger partial charge in [-0.15, -0.1) is 0 Å². The van der Waals surface area contributed by atoms with Gasteiger partial charge in [0, 0.05) is 0 Å². The molecule has 0 nitrogen and oxygen atoms in total. The van der Waals surface area contributed by atoms with Crippen LogP contribution in [0.15, 0.2) is 106 Å². The Bertz CT molecular complexity index is 1680. The molecule has 0 N–H and O–H groups in total. The molecular weight excluding hydrogens is 655 g/mol. The van der Waals surface area contributed by atoms with Gasteiger partial charge in [0.15, 0.2) is 0 Å². The molecule has 0 atom stereocenters. The number of fused-ring (bicyclic) bond motifs is 3. The second kappa shape index (κ2) is 12.5. The van der Waals surface area contributed by atoms with Crippen LogP contribution in [-0.2, 0) is 32.1 Å². The molecule has 4 aromatic rings. The van der Waals surface area contributed by atoms with E-state index in [4.69, 9.17) is 0 Å². The first-order valence-corrected chi connectivity index (χ1v) is 19.5. The number of hydrogen-bond donors (Lipinski definition) is 0. The van der Waals surface area contributed by atoms with Crippen molar-refractivity contribution in [3.63, 3.8) is 0 Å². The van der Waals surface area contributed by atoms with Gasteiger partial charge in [-0.25, -0.2) is 0 Å². The van der Waals surface area contributed by atoms with Gasteiger partial charge < -0.3 is 24.8 Å². The molecule has 0 heterocycles. The standard InChI is InChI=1S/C33H33.C5H5.C3H4.2ClH.Zr/c1-32(2,3)30-20-26-24(18-28(30)22-13-9-7-10-14-22)17-25-19-29(23-15-11-8-12-16-23)31(21-27(25)26)33(4,5)6;1-2-4-5-3-1;1-2-3-1;;;/h7-21H,1-6H3;1-3H,4H2;1-2H2;2*1H;/q;;;;;+2/p-2. The van der Waals surface area contributed by atoms with Gasteiger partial charge in [-0.05, 0) is 0 Å². The van der Waals surface area contributed by atoms with Gasteiger partial charge >= 0.3 is 262 Å². The van der Waals surface area contributed by atoms with E-state index in [0.29, 0.717) is 3.63 Å². The van der Waals surface area contributed by atoms with E-state index >= 15 is 0 Å². The Morgan fingerprint density at radius 1 is 0.591 bits per heavy atom. The molecule has 3 heteroatoms. The van der Waals surface area contributed by atoms with E-state index in [-0.39, 0.29) is 35.6 Å². The van der Waals surface area contributed by atoms with Gasteiger partial charge in [-0.3, -0.25) is 0 Å². The zero-order chi connectivity index (χ0) is 29.2. The maximum atomic E-state index is 2.64. The summed E-state index contributed by atoms with van der Waals surface area (Å²) in [7, 11) is 0. The van der Waals surface area contributed by atoms with Crippen molar-refractivity contribution >= 4 is 3.21 Å². The number of rotatable bonds is 4. The van der Waals surface area contributed by atoms with Crippen molar-refractivity contribution in [3.8, 4) is 33.4 Å². The van der Waals surface area contributed by atoms with Gasteiger partial charge in [0.1, 0.15) is 0 Å². The molecule has 3 aliphatic rings. The fraction of sp³-hybridized carbons (Fsp3) is 0.293. The molecule has 0 amide bonds. The Morgan fingerprint density at radius 2 is 1.05 bits per heavy atom. The van der Waals surface area contributed by atoms with Crippen LogP contribution < -0.4 is 24.8 Å². The monoisotopic (exact) mass is 694 g/mol. The molecular formula is C41H42Cl2Zr. The summed E-state index contributed by atoms with van der Waals surface area (Å²) in [5, 5.41) is 0. The average molecular weight is 697 g/mol. The second-order valence-electron chi connectivity index (χ2n) is 14.5. The maximum Gasteiger partial charge on any atom is -1.00 e. The molecule has 0 aromatic heterocycles. The van der Waals surface area contributed by atoms with Crippen LogP contribution in [0.25, 0.3) is 33.4 Å². The molecule has 224 valence electrons. The Kier molecular flexibility index (Phi) is 9.37. The van der Waals surface area contributed by atoms with Crippen molar-refractivity contribution in [3.05, 3.63) is 129 Å². The quantitative estimate of drug-likeness (QED) is 0.278. The summed E-state index contributed by atoms with van der Waals surface area (Å²) in [6.45, 7) is 14.3. The predicted molar refractivity (Wildman–Crippen MR) is 178 cm³/mol. The Hall–Kier alpha value is -2.31. The zero-order valence-electron chi connectivity index (χ0n) is 26.8. The molecule has 0 radical (unpaired) electrons. The summed E-state index contributed by atoms with van der Waals surface area (Å²) < 4.78 is 4.25. The second-order valence-corrected chi connectivity index (χ2v) is 21.2. The summed E-state index contributed by atoms with van der Waals surface area (Å²) in [6.07, 6.45) is 11.1. The molecule has 0 bridgehead atoms. The van der Waals surface area contributed by atoms with Crippen molar-refractivity contribution in [1.29, 1.82) is 0 Å². The van der Waals surface area contributed by atoms with E-state index in [2.05, 4.69) is 145 Å². The van der Waals surface area contributed by atoms with Gasteiger partial charge in [0.05, 0.1) is 0 Å². The van der Waals surface area contributed by atoms with Crippen LogP contribution in [0.2, 0.25) is 0 Å². The van der Waals surface area contributed by atoms with E-state index in [0.717, 1.165) is 6.42 Å². The fourth-order valence-electron chi connectivity index (χ4n) is 7.21. The zero-order valence-corrected chi connectivity index (χ0v) is 30.7. The Morgan fingerprint density at radius 3 is 1.41 bits per heavy atom. The van der Waals surface area contributed by atoms with E-state index in [1.165, 1.54) is 57.3 Å². The van der Waals surface area contributed by atoms with Gasteiger partial charge in [-0.1, -0.05) is 0 Å². The minimum atomic E-state index is -2.18. The largest absolute Gasteiger partial charge is 1.00 e. The van der Waals surface area contributed by atoms with Crippen LogP contribution in [0.5, 0.6) is 0 Å². The first-order valence-electron chi connectivity index (χ1n) is 15.7. The van der Waals surface area contributed by atoms with Crippen LogP contribution in [0, 0.1) is 0 Å². The number of halogens is 2. The smallest absolute Gasteiger partial charge is 1.00 e. The van der Waals surface area contributed by atoms with Gasteiger partial charge in [-0.2, -0.15) is 0 Å². The number of hydrogen-bond acceptors (Lipinski definition) is 0. The number of allylic oxidation sites excluding steroid dienone is 4. The SMILES string of the molecule is CC(C)(C)c1cc2c(cc1-c1ccccc1)[CH]([Zr+2]([C]1=CC=CC1)=[C]1CC1)c1cc(-c3ccccc3)c(C(C)(C)C)cc1-2.[Cl-].[Cl-]. The van der Waals surface area contributed by atoms with Crippen molar-refractivity contribution < 1.29 is 46.1 Å². The van der Waals surface area contributed by atoms with E-state index in [9.17, 15) is 0 Å². The van der Waals surface area contributed by atoms with Crippen LogP contribution in [0.3, 0.4) is 0 Å². The summed E-state index contributed by atoms with van der Waals surface area (Å²) in [4.78, 5) is 0. The Balaban J connectivity index is 0.00000192. The molecule has 7 rings (SSSR count). The molecule has 0 aliphatic heterocycles. The summed E-state index contributed by atoms with van der Waals surface area (Å²) in [5.74, 6) is 0. The first-order chi connectivity index (χ1) is 20.1. The fourth-order valence-corrected chi connectivity index (χ4v) is 16.1. The first kappa shape index (κ1) is 33.1. The molecule has 44 heavy (non-hydrogen) atoms. The van der Waals surface area contributed by atoms with Crippen LogP contribution in [0.1, 0.15) is 86.7 Å². The molecule has 3 aliphatic carbocycles. The number of benzene rings is 4. The Labute approximate surface area is 284 Å². The van der Waals surface area contributed by atoms with Gasteiger partial charge in [0.25, 0.3) is 0 Å². The van der Waals surface area contributed by atoms with Crippen LogP contribution in [-0.4, -0.2) is 3.21 Å². The van der Waals surface area contributed by atoms with Crippen molar-refractivity contribution in [2.75, 3.05) is 0 Å². The molecule has 0 spiro atoms. The van der Waals surface area contributed by atoms with E-state index in [1.807, 2.05) is 3.21 Å². The maximum absolute atomic E-state index is 2.64. The summed E-state index contributed by atoms with van der Waals surface area (Å²) >= 11 is -2.18. The summed E-state index contributed by atoms with van der Waals surface area (Å²) in [5.41, 5.74) is 14.7. The van der Waals surface area contributed by atoms with Crippen molar-refractivity contribution in [1.82, 2.24) is 0 Å². The third-order valence-corrected chi connectivity index (χ3v) is 18.0. The van der Waals surface area contributed by atoms with E-state index in [1.54, 1.807) is 14.4 Å². The summed E-state index contributed by atoms with van der Waals surface area (Å²) in [6, 6.07) is 32.8. The predicted octanol–water partition coefficient (Wildman–Crippen LogP) is 5.12. The molecule has 1 saturated carbocycles. The normalized spacial score (nSPS) is 15.0. The average Bonchev–Trinajstić information content (AvgIpc) is 3.57. The molecule has 4 aromatic carbocycles. The van der Waals surface area contributed by atoms with E-state index < -0.39 is 21.3 Å². The van der Waals surface area contributed by atoms with Crippen LogP contribution >= 0.6 is 0 Å². The molecule has 1 fully saturated rings. The third kappa shape index (κ3) is 5.98. The van der Waals surface area contributed by atoms with Crippen LogP contribution in [0.4, 0.5) is 0 Å². The third-order valence-electron chi connectivity index (χ3n) is 9.36. The van der Waals surface area contributed by atoms with Gasteiger partial charge in [0.2, 0.25) is 0 Å². The molecule has 0 unspecified atom stereocenters. The minimum absolute atomic E-state index is 0. The minimum Gasteiger partial charge on any atom is -1.00 e. The topological polar surface area (TPSA) is 0 Å².